The Labute approximate surface area is 437 Å². The van der Waals surface area contributed by atoms with Gasteiger partial charge in [-0.2, -0.15) is 0 Å². The zero-order valence-corrected chi connectivity index (χ0v) is 41.2. The summed E-state index contributed by atoms with van der Waals surface area (Å²) in [6.07, 6.45) is 15.9. The van der Waals surface area contributed by atoms with E-state index in [-0.39, 0.29) is 5.41 Å². The number of hydrogen-bond acceptors (Lipinski definition) is 3. The third-order valence-corrected chi connectivity index (χ3v) is 17.3. The Morgan fingerprint density at radius 3 is 1.91 bits per heavy atom. The van der Waals surface area contributed by atoms with Gasteiger partial charge in [0.05, 0.1) is 16.5 Å². The molecule has 6 aliphatic rings. The summed E-state index contributed by atoms with van der Waals surface area (Å²) in [5.41, 5.74) is 22.8. The zero-order chi connectivity index (χ0) is 49.2. The molecule has 10 aromatic rings. The Hall–Kier alpha value is -9.18. The summed E-state index contributed by atoms with van der Waals surface area (Å²) >= 11 is 0. The molecule has 3 heteroatoms. The third kappa shape index (κ3) is 5.92. The molecule has 0 radical (unpaired) electrons. The molecule has 3 nitrogen and oxygen atoms in total. The molecule has 1 heterocycles. The molecule has 0 saturated heterocycles. The highest BCUT2D eigenvalue weighted by atomic mass is 16.6. The standard InChI is InChI=1S/C72H49NO2/c1-3-19-50(20-4-1)71(51-21-5-2-6-22-51)63-30-16-12-26-58(63)69-65(71)40-42-67-70(69)75-66-41-38-54(45-68(66)74-67)73(53-37-33-46-17-7-8-18-48(46)43-53)52-35-31-47(32-36-52)49-34-39-64-59(44-49)57-25-11-15-29-62(57)72(64)60-27-13-9-23-55(60)56-24-10-14-28-61(56)72/h1-7,9-17,19-45,55,60H,8,18H2. The molecule has 354 valence electrons. The van der Waals surface area contributed by atoms with Gasteiger partial charge in [-0.1, -0.05) is 206 Å². The van der Waals surface area contributed by atoms with Crippen LogP contribution in [-0.4, -0.2) is 0 Å². The van der Waals surface area contributed by atoms with E-state index in [2.05, 4.69) is 266 Å². The summed E-state index contributed by atoms with van der Waals surface area (Å²) in [6.45, 7) is 0. The van der Waals surface area contributed by atoms with Crippen molar-refractivity contribution in [2.24, 2.45) is 5.92 Å². The first-order chi connectivity index (χ1) is 37.2. The molecular weight excluding hydrogens is 911 g/mol. The van der Waals surface area contributed by atoms with E-state index in [9.17, 15) is 0 Å². The van der Waals surface area contributed by atoms with Crippen molar-refractivity contribution in [2.75, 3.05) is 4.90 Å². The fraction of sp³-hybridized carbons (Fsp3) is 0.0833. The van der Waals surface area contributed by atoms with Gasteiger partial charge >= 0.3 is 0 Å². The minimum Gasteiger partial charge on any atom is -0.449 e. The smallest absolute Gasteiger partial charge is 0.178 e. The first-order valence-electron chi connectivity index (χ1n) is 26.4. The number of allylic oxidation sites excluding steroid dienone is 5. The second kappa shape index (κ2) is 16.2. The van der Waals surface area contributed by atoms with Crippen LogP contribution in [0.25, 0.3) is 39.5 Å². The van der Waals surface area contributed by atoms with Gasteiger partial charge in [0.2, 0.25) is 0 Å². The Morgan fingerprint density at radius 1 is 0.440 bits per heavy atom. The lowest BCUT2D eigenvalue weighted by atomic mass is 9.65. The normalized spacial score (nSPS) is 18.8. The van der Waals surface area contributed by atoms with Crippen LogP contribution in [0.2, 0.25) is 0 Å². The van der Waals surface area contributed by atoms with Crippen molar-refractivity contribution in [1.29, 1.82) is 0 Å². The maximum atomic E-state index is 7.10. The highest BCUT2D eigenvalue weighted by Crippen LogP contribution is 2.66. The Bertz CT molecular complexity index is 4050. The number of aryl methyl sites for hydroxylation is 1. The summed E-state index contributed by atoms with van der Waals surface area (Å²) in [6, 6.07) is 82.8. The number of hydrogen-bond donors (Lipinski definition) is 0. The molecule has 75 heavy (non-hydrogen) atoms. The highest BCUT2D eigenvalue weighted by Gasteiger charge is 2.57. The lowest BCUT2D eigenvalue weighted by Crippen LogP contribution is -2.32. The van der Waals surface area contributed by atoms with E-state index in [1.807, 2.05) is 0 Å². The van der Waals surface area contributed by atoms with Gasteiger partial charge in [-0.25, -0.2) is 0 Å². The van der Waals surface area contributed by atoms with E-state index in [1.54, 1.807) is 0 Å². The molecule has 0 amide bonds. The van der Waals surface area contributed by atoms with Gasteiger partial charge < -0.3 is 14.4 Å². The minimum atomic E-state index is -0.538. The lowest BCUT2D eigenvalue weighted by molar-refractivity contribution is 0.360. The average Bonchev–Trinajstić information content (AvgIpc) is 4.30. The molecule has 3 unspecified atom stereocenters. The fourth-order valence-corrected chi connectivity index (χ4v) is 14.3. The molecular formula is C72H49NO2. The van der Waals surface area contributed by atoms with Gasteiger partial charge in [0.25, 0.3) is 0 Å². The van der Waals surface area contributed by atoms with Crippen LogP contribution in [0.5, 0.6) is 23.0 Å². The van der Waals surface area contributed by atoms with E-state index in [0.717, 1.165) is 46.8 Å². The first-order valence-corrected chi connectivity index (χ1v) is 26.4. The monoisotopic (exact) mass is 959 g/mol. The topological polar surface area (TPSA) is 21.7 Å². The van der Waals surface area contributed by atoms with Crippen LogP contribution < -0.4 is 14.4 Å². The van der Waals surface area contributed by atoms with Crippen LogP contribution in [0.1, 0.15) is 68.0 Å². The lowest BCUT2D eigenvalue weighted by Gasteiger charge is -2.36. The largest absolute Gasteiger partial charge is 0.449 e. The predicted octanol–water partition coefficient (Wildman–Crippen LogP) is 18.2. The molecule has 1 spiro atoms. The van der Waals surface area contributed by atoms with Crippen molar-refractivity contribution < 1.29 is 9.47 Å². The summed E-state index contributed by atoms with van der Waals surface area (Å²) in [7, 11) is 0. The molecule has 5 aliphatic carbocycles. The molecule has 3 atom stereocenters. The van der Waals surface area contributed by atoms with Gasteiger partial charge in [-0.05, 0) is 145 Å². The van der Waals surface area contributed by atoms with Gasteiger partial charge in [0.1, 0.15) is 0 Å². The number of rotatable bonds is 6. The Morgan fingerprint density at radius 2 is 1.08 bits per heavy atom. The number of anilines is 3. The molecule has 0 N–H and O–H groups in total. The molecule has 0 bridgehead atoms. The quantitative estimate of drug-likeness (QED) is 0.166. The van der Waals surface area contributed by atoms with Gasteiger partial charge in [0.15, 0.2) is 23.0 Å². The summed E-state index contributed by atoms with van der Waals surface area (Å²) in [4.78, 5) is 2.36. The second-order valence-electron chi connectivity index (χ2n) is 20.9. The molecule has 0 aromatic heterocycles. The van der Waals surface area contributed by atoms with Gasteiger partial charge in [-0.3, -0.25) is 0 Å². The summed E-state index contributed by atoms with van der Waals surface area (Å²) in [5, 5.41) is 0. The predicted molar refractivity (Wildman–Crippen MR) is 304 cm³/mol. The zero-order valence-electron chi connectivity index (χ0n) is 41.2. The van der Waals surface area contributed by atoms with Crippen molar-refractivity contribution >= 4 is 23.1 Å². The van der Waals surface area contributed by atoms with Gasteiger partial charge in [0, 0.05) is 34.8 Å². The van der Waals surface area contributed by atoms with E-state index >= 15 is 0 Å². The molecule has 16 rings (SSSR count). The van der Waals surface area contributed by atoms with Crippen molar-refractivity contribution in [3.8, 4) is 56.4 Å². The number of nitrogens with zero attached hydrogens (tertiary/aromatic N) is 1. The van der Waals surface area contributed by atoms with Crippen molar-refractivity contribution in [3.05, 3.63) is 310 Å². The van der Waals surface area contributed by atoms with Crippen LogP contribution in [0.3, 0.4) is 0 Å². The highest BCUT2D eigenvalue weighted by molar-refractivity contribution is 5.93. The SMILES string of the molecule is C1=CC2c3ccccc3C3(c4ccccc4-c4cc(-c5ccc(N(c6ccc7c(c6)CCC=C7)c6ccc7c(c6)Oc6ccc8c(c6O7)-c6ccccc6C8(c6ccccc6)c6ccccc6)cc5)ccc43)C2C=C1. The Balaban J connectivity index is 0.783. The fourth-order valence-electron chi connectivity index (χ4n) is 14.3. The average molecular weight is 960 g/mol. The van der Waals surface area contributed by atoms with Crippen LogP contribution in [0.15, 0.2) is 255 Å². The van der Waals surface area contributed by atoms with Crippen molar-refractivity contribution in [3.63, 3.8) is 0 Å². The minimum absolute atomic E-state index is 0.240. The number of fused-ring (bicyclic) bond motifs is 17. The van der Waals surface area contributed by atoms with Crippen molar-refractivity contribution in [1.82, 2.24) is 0 Å². The van der Waals surface area contributed by atoms with Crippen LogP contribution in [0.4, 0.5) is 17.1 Å². The molecule has 10 aromatic carbocycles. The van der Waals surface area contributed by atoms with E-state index in [4.69, 9.17) is 9.47 Å². The maximum Gasteiger partial charge on any atom is 0.178 e. The number of benzene rings is 10. The maximum absolute atomic E-state index is 7.10. The van der Waals surface area contributed by atoms with Crippen LogP contribution in [-0.2, 0) is 17.3 Å². The van der Waals surface area contributed by atoms with E-state index in [0.29, 0.717) is 29.1 Å². The Kier molecular flexibility index (Phi) is 9.12. The summed E-state index contributed by atoms with van der Waals surface area (Å²) in [5.74, 6) is 3.47. The van der Waals surface area contributed by atoms with Crippen LogP contribution >= 0.6 is 0 Å². The third-order valence-electron chi connectivity index (χ3n) is 17.3. The van der Waals surface area contributed by atoms with Crippen LogP contribution in [0, 0.1) is 5.92 Å². The second-order valence-corrected chi connectivity index (χ2v) is 20.9. The molecule has 1 aliphatic heterocycles. The first kappa shape index (κ1) is 42.3. The number of ether oxygens (including phenoxy) is 2. The van der Waals surface area contributed by atoms with Gasteiger partial charge in [-0.15, -0.1) is 0 Å². The summed E-state index contributed by atoms with van der Waals surface area (Å²) < 4.78 is 14.1. The van der Waals surface area contributed by atoms with E-state index in [1.165, 1.54) is 77.9 Å². The van der Waals surface area contributed by atoms with E-state index < -0.39 is 5.41 Å². The molecule has 0 saturated carbocycles. The molecule has 0 fully saturated rings. The van der Waals surface area contributed by atoms with Crippen molar-refractivity contribution in [2.45, 2.75) is 29.6 Å².